The molecule has 22 heavy (non-hydrogen) atoms. The van der Waals surface area contributed by atoms with Gasteiger partial charge < -0.3 is 29.5 Å². The van der Waals surface area contributed by atoms with E-state index in [1.54, 1.807) is 19.1 Å². The standard InChI is InChI=1S/C15H30N2O5/c1-15(2,3)22-14(19)17-9-11(12(18)10-17)16-8-6-7-13(20-4)21-5/h11-13,16,18H,6-10H2,1-5H3/t11-,12-/m1/s1. The summed E-state index contributed by atoms with van der Waals surface area (Å²) in [5.41, 5.74) is -0.525. The number of methoxy groups -OCH3 is 2. The van der Waals surface area contributed by atoms with Gasteiger partial charge in [0.25, 0.3) is 0 Å². The maximum Gasteiger partial charge on any atom is 0.410 e. The zero-order valence-corrected chi connectivity index (χ0v) is 14.3. The highest BCUT2D eigenvalue weighted by Crippen LogP contribution is 2.16. The first-order chi connectivity index (χ1) is 10.3. The van der Waals surface area contributed by atoms with Crippen LogP contribution in [0.4, 0.5) is 4.79 Å². The largest absolute Gasteiger partial charge is 0.444 e. The summed E-state index contributed by atoms with van der Waals surface area (Å²) in [6.45, 7) is 6.96. The SMILES string of the molecule is COC(CCCN[C@@H]1CN(C(=O)OC(C)(C)C)C[C@H]1O)OC. The number of likely N-dealkylation sites (tertiary alicyclic amines) is 1. The average molecular weight is 318 g/mol. The molecule has 7 nitrogen and oxygen atoms in total. The Labute approximate surface area is 132 Å². The molecule has 1 rings (SSSR count). The first-order valence-electron chi connectivity index (χ1n) is 7.71. The molecule has 0 saturated carbocycles. The van der Waals surface area contributed by atoms with Gasteiger partial charge in [0.15, 0.2) is 6.29 Å². The summed E-state index contributed by atoms with van der Waals surface area (Å²) in [5, 5.41) is 13.3. The van der Waals surface area contributed by atoms with Crippen molar-refractivity contribution in [3.63, 3.8) is 0 Å². The molecule has 1 amide bonds. The van der Waals surface area contributed by atoms with Crippen LogP contribution >= 0.6 is 0 Å². The normalized spacial score (nSPS) is 22.4. The topological polar surface area (TPSA) is 80.3 Å². The van der Waals surface area contributed by atoms with Crippen LogP contribution in [0.2, 0.25) is 0 Å². The van der Waals surface area contributed by atoms with Gasteiger partial charge in [-0.3, -0.25) is 0 Å². The van der Waals surface area contributed by atoms with Crippen molar-refractivity contribution < 1.29 is 24.1 Å². The van der Waals surface area contributed by atoms with Crippen molar-refractivity contribution >= 4 is 6.09 Å². The second kappa shape index (κ2) is 8.67. The second-order valence-electron chi connectivity index (χ2n) is 6.56. The van der Waals surface area contributed by atoms with Gasteiger partial charge in [-0.05, 0) is 40.2 Å². The van der Waals surface area contributed by atoms with Crippen LogP contribution in [0.15, 0.2) is 0 Å². The molecule has 0 bridgehead atoms. The minimum atomic E-state index is -0.576. The minimum Gasteiger partial charge on any atom is -0.444 e. The van der Waals surface area contributed by atoms with Crippen molar-refractivity contribution in [1.29, 1.82) is 0 Å². The molecule has 130 valence electrons. The summed E-state index contributed by atoms with van der Waals surface area (Å²) in [6, 6.07) is -0.129. The number of hydrogen-bond donors (Lipinski definition) is 2. The number of hydrogen-bond acceptors (Lipinski definition) is 6. The van der Waals surface area contributed by atoms with Gasteiger partial charge >= 0.3 is 6.09 Å². The number of aliphatic hydroxyl groups excluding tert-OH is 1. The molecule has 0 spiro atoms. The fourth-order valence-corrected chi connectivity index (χ4v) is 2.35. The molecule has 1 aliphatic rings. The molecule has 7 heteroatoms. The molecule has 0 unspecified atom stereocenters. The Hall–Kier alpha value is -0.890. The molecule has 1 heterocycles. The van der Waals surface area contributed by atoms with E-state index < -0.39 is 11.7 Å². The molecule has 1 fully saturated rings. The number of ether oxygens (including phenoxy) is 3. The third-order valence-electron chi connectivity index (χ3n) is 3.49. The zero-order chi connectivity index (χ0) is 16.8. The second-order valence-corrected chi connectivity index (χ2v) is 6.56. The highest BCUT2D eigenvalue weighted by Gasteiger charge is 2.35. The summed E-state index contributed by atoms with van der Waals surface area (Å²) in [4.78, 5) is 13.5. The maximum atomic E-state index is 12.0. The first kappa shape index (κ1) is 19.2. The zero-order valence-electron chi connectivity index (χ0n) is 14.3. The number of amides is 1. The van der Waals surface area contributed by atoms with Crippen LogP contribution in [0, 0.1) is 0 Å². The molecular weight excluding hydrogens is 288 g/mol. The Morgan fingerprint density at radius 1 is 1.32 bits per heavy atom. The first-order valence-corrected chi connectivity index (χ1v) is 7.71. The maximum absolute atomic E-state index is 12.0. The monoisotopic (exact) mass is 318 g/mol. The van der Waals surface area contributed by atoms with E-state index in [0.29, 0.717) is 13.1 Å². The van der Waals surface area contributed by atoms with Crippen LogP contribution in [-0.4, -0.2) is 74.0 Å². The Morgan fingerprint density at radius 3 is 2.50 bits per heavy atom. The number of β-amino-alcohol motifs (C(OH)–C–C–N with tert-alkyl or cyclic N) is 1. The Kier molecular flexibility index (Phi) is 7.55. The summed E-state index contributed by atoms with van der Waals surface area (Å²) >= 11 is 0. The van der Waals surface area contributed by atoms with Gasteiger partial charge in [0.05, 0.1) is 18.7 Å². The molecule has 0 aromatic rings. The third kappa shape index (κ3) is 6.48. The number of rotatable bonds is 7. The van der Waals surface area contributed by atoms with Crippen molar-refractivity contribution in [2.45, 2.75) is 57.6 Å². The van der Waals surface area contributed by atoms with E-state index in [1.807, 2.05) is 20.8 Å². The molecule has 0 aromatic carbocycles. The van der Waals surface area contributed by atoms with Gasteiger partial charge in [0.1, 0.15) is 5.60 Å². The predicted octanol–water partition coefficient (Wildman–Crippen LogP) is 0.955. The highest BCUT2D eigenvalue weighted by atomic mass is 16.7. The van der Waals surface area contributed by atoms with Crippen LogP contribution < -0.4 is 5.32 Å². The molecule has 0 aliphatic carbocycles. The van der Waals surface area contributed by atoms with Crippen molar-refractivity contribution in [2.24, 2.45) is 0 Å². The fourth-order valence-electron chi connectivity index (χ4n) is 2.35. The van der Waals surface area contributed by atoms with Crippen molar-refractivity contribution in [2.75, 3.05) is 33.9 Å². The lowest BCUT2D eigenvalue weighted by molar-refractivity contribution is -0.106. The lowest BCUT2D eigenvalue weighted by Crippen LogP contribution is -2.40. The van der Waals surface area contributed by atoms with Gasteiger partial charge in [-0.1, -0.05) is 0 Å². The number of carbonyl (C=O) groups is 1. The van der Waals surface area contributed by atoms with Crippen LogP contribution in [0.25, 0.3) is 0 Å². The lowest BCUT2D eigenvalue weighted by atomic mass is 10.2. The molecule has 0 aromatic heterocycles. The highest BCUT2D eigenvalue weighted by molar-refractivity contribution is 5.68. The predicted molar refractivity (Wildman–Crippen MR) is 82.6 cm³/mol. The van der Waals surface area contributed by atoms with E-state index >= 15 is 0 Å². The number of carbonyl (C=O) groups excluding carboxylic acids is 1. The Bertz CT molecular complexity index is 341. The Morgan fingerprint density at radius 2 is 1.95 bits per heavy atom. The van der Waals surface area contributed by atoms with Crippen LogP contribution in [0.5, 0.6) is 0 Å². The summed E-state index contributed by atoms with van der Waals surface area (Å²) in [5.74, 6) is 0. The van der Waals surface area contributed by atoms with Crippen molar-refractivity contribution in [3.8, 4) is 0 Å². The van der Waals surface area contributed by atoms with Gasteiger partial charge in [-0.2, -0.15) is 0 Å². The number of nitrogens with zero attached hydrogens (tertiary/aromatic N) is 1. The molecule has 2 atom stereocenters. The fraction of sp³-hybridized carbons (Fsp3) is 0.933. The van der Waals surface area contributed by atoms with Gasteiger partial charge in [0, 0.05) is 20.8 Å². The Balaban J connectivity index is 2.30. The number of aliphatic hydroxyl groups is 1. The van der Waals surface area contributed by atoms with E-state index in [9.17, 15) is 9.90 Å². The molecular formula is C15H30N2O5. The van der Waals surface area contributed by atoms with Gasteiger partial charge in [0.2, 0.25) is 0 Å². The third-order valence-corrected chi connectivity index (χ3v) is 3.49. The van der Waals surface area contributed by atoms with Crippen LogP contribution in [0.3, 0.4) is 0 Å². The van der Waals surface area contributed by atoms with E-state index in [4.69, 9.17) is 14.2 Å². The summed E-state index contributed by atoms with van der Waals surface area (Å²) in [7, 11) is 3.22. The summed E-state index contributed by atoms with van der Waals surface area (Å²) in [6.07, 6.45) is 0.483. The van der Waals surface area contributed by atoms with Crippen LogP contribution in [0.1, 0.15) is 33.6 Å². The molecule has 0 radical (unpaired) electrons. The molecule has 1 aliphatic heterocycles. The number of nitrogens with one attached hydrogen (secondary N) is 1. The van der Waals surface area contributed by atoms with Crippen molar-refractivity contribution in [1.82, 2.24) is 10.2 Å². The molecule has 1 saturated heterocycles. The molecule has 2 N–H and O–H groups in total. The van der Waals surface area contributed by atoms with Crippen molar-refractivity contribution in [3.05, 3.63) is 0 Å². The average Bonchev–Trinajstić information content (AvgIpc) is 2.79. The minimum absolute atomic E-state index is 0.129. The van der Waals surface area contributed by atoms with E-state index in [1.165, 1.54) is 0 Å². The van der Waals surface area contributed by atoms with E-state index in [2.05, 4.69) is 5.32 Å². The van der Waals surface area contributed by atoms with E-state index in [0.717, 1.165) is 19.4 Å². The van der Waals surface area contributed by atoms with Gasteiger partial charge in [-0.25, -0.2) is 4.79 Å². The van der Waals surface area contributed by atoms with Gasteiger partial charge in [-0.15, -0.1) is 0 Å². The smallest absolute Gasteiger partial charge is 0.410 e. The quantitative estimate of drug-likeness (QED) is 0.537. The lowest BCUT2D eigenvalue weighted by Gasteiger charge is -2.24. The van der Waals surface area contributed by atoms with E-state index in [-0.39, 0.29) is 18.4 Å². The van der Waals surface area contributed by atoms with Crippen LogP contribution in [-0.2, 0) is 14.2 Å². The summed E-state index contributed by atoms with van der Waals surface area (Å²) < 4.78 is 15.6.